The lowest BCUT2D eigenvalue weighted by Gasteiger charge is -2.26. The second-order valence-electron chi connectivity index (χ2n) is 5.52. The Kier molecular flexibility index (Phi) is 4.72. The summed E-state index contributed by atoms with van der Waals surface area (Å²) in [4.78, 5) is 11.9. The number of benzene rings is 1. The van der Waals surface area contributed by atoms with Gasteiger partial charge < -0.3 is 5.73 Å². The lowest BCUT2D eigenvalue weighted by Crippen LogP contribution is -2.37. The molecule has 3 heteroatoms. The van der Waals surface area contributed by atoms with Crippen molar-refractivity contribution >= 4 is 17.4 Å². The molecule has 1 unspecified atom stereocenters. The first-order valence-electron chi connectivity index (χ1n) is 5.81. The fourth-order valence-corrected chi connectivity index (χ4v) is 1.71. The van der Waals surface area contributed by atoms with E-state index in [0.717, 1.165) is 5.56 Å². The highest BCUT2D eigenvalue weighted by Crippen LogP contribution is 2.20. The summed E-state index contributed by atoms with van der Waals surface area (Å²) in [5, 5.41) is 0.662. The Bertz CT molecular complexity index is 395. The maximum Gasteiger partial charge on any atom is 0.138 e. The molecule has 0 amide bonds. The molecule has 0 aliphatic heterocycles. The van der Waals surface area contributed by atoms with Crippen molar-refractivity contribution in [2.24, 2.45) is 11.1 Å². The topological polar surface area (TPSA) is 43.1 Å². The molecule has 1 atom stereocenters. The largest absolute Gasteiger partial charge is 0.327 e. The van der Waals surface area contributed by atoms with Crippen molar-refractivity contribution in [2.45, 2.75) is 39.7 Å². The molecule has 17 heavy (non-hydrogen) atoms. The van der Waals surface area contributed by atoms with Gasteiger partial charge in [-0.2, -0.15) is 0 Å². The molecule has 0 aliphatic rings. The summed E-state index contributed by atoms with van der Waals surface area (Å²) in [5.74, 6) is 0.162. The maximum absolute atomic E-state index is 11.9. The van der Waals surface area contributed by atoms with E-state index < -0.39 is 0 Å². The normalized spacial score (nSPS) is 13.5. The number of rotatable bonds is 4. The minimum absolute atomic E-state index is 0.0377. The first kappa shape index (κ1) is 14.2. The summed E-state index contributed by atoms with van der Waals surface area (Å²) in [6.45, 7) is 6.14. The molecule has 2 N–H and O–H groups in total. The van der Waals surface area contributed by atoms with E-state index in [9.17, 15) is 4.79 Å². The Balaban J connectivity index is 2.56. The van der Waals surface area contributed by atoms with Gasteiger partial charge in [0, 0.05) is 23.9 Å². The molecule has 0 bridgehead atoms. The van der Waals surface area contributed by atoms with Crippen LogP contribution in [-0.2, 0) is 11.2 Å². The van der Waals surface area contributed by atoms with E-state index in [1.165, 1.54) is 0 Å². The Morgan fingerprint density at radius 1 is 1.41 bits per heavy atom. The average molecular weight is 254 g/mol. The van der Waals surface area contributed by atoms with Gasteiger partial charge in [-0.05, 0) is 23.1 Å². The van der Waals surface area contributed by atoms with Crippen molar-refractivity contribution in [2.75, 3.05) is 0 Å². The first-order valence-corrected chi connectivity index (χ1v) is 6.18. The number of nitrogens with two attached hydrogens (primary N) is 1. The van der Waals surface area contributed by atoms with Crippen LogP contribution in [0.5, 0.6) is 0 Å². The number of ketones is 1. The quantitative estimate of drug-likeness (QED) is 0.895. The Labute approximate surface area is 108 Å². The highest BCUT2D eigenvalue weighted by Gasteiger charge is 2.22. The lowest BCUT2D eigenvalue weighted by molar-refractivity contribution is -0.119. The molecule has 1 aromatic rings. The van der Waals surface area contributed by atoms with E-state index in [4.69, 9.17) is 17.3 Å². The van der Waals surface area contributed by atoms with Crippen LogP contribution in [0.15, 0.2) is 24.3 Å². The summed E-state index contributed by atoms with van der Waals surface area (Å²) in [5.41, 5.74) is 6.90. The minimum Gasteiger partial charge on any atom is -0.327 e. The van der Waals surface area contributed by atoms with E-state index in [-0.39, 0.29) is 17.2 Å². The molecule has 0 saturated heterocycles. The number of halogens is 1. The second kappa shape index (κ2) is 5.65. The van der Waals surface area contributed by atoms with Crippen LogP contribution in [0.3, 0.4) is 0 Å². The van der Waals surface area contributed by atoms with Gasteiger partial charge in [-0.3, -0.25) is 4.79 Å². The third-order valence-electron chi connectivity index (χ3n) is 2.85. The van der Waals surface area contributed by atoms with Gasteiger partial charge in [-0.1, -0.05) is 44.5 Å². The first-order chi connectivity index (χ1) is 7.79. The Morgan fingerprint density at radius 2 is 2.06 bits per heavy atom. The SMILES string of the molecule is CC(C)(C)C(N)CC(=O)Cc1cccc(Cl)c1. The van der Waals surface area contributed by atoms with Gasteiger partial charge in [0.1, 0.15) is 5.78 Å². The summed E-state index contributed by atoms with van der Waals surface area (Å²) in [6, 6.07) is 7.29. The molecule has 0 heterocycles. The van der Waals surface area contributed by atoms with Crippen molar-refractivity contribution in [3.05, 3.63) is 34.9 Å². The van der Waals surface area contributed by atoms with Gasteiger partial charge in [0.25, 0.3) is 0 Å². The van der Waals surface area contributed by atoms with Crippen LogP contribution >= 0.6 is 11.6 Å². The molecule has 0 saturated carbocycles. The number of hydrogen-bond donors (Lipinski definition) is 1. The summed E-state index contributed by atoms with van der Waals surface area (Å²) in [6.07, 6.45) is 0.820. The summed E-state index contributed by atoms with van der Waals surface area (Å²) in [7, 11) is 0. The molecule has 1 rings (SSSR count). The van der Waals surface area contributed by atoms with Crippen LogP contribution in [-0.4, -0.2) is 11.8 Å². The van der Waals surface area contributed by atoms with Crippen LogP contribution in [0.4, 0.5) is 0 Å². The predicted octanol–water partition coefficient (Wildman–Crippen LogP) is 3.22. The maximum atomic E-state index is 11.9. The third kappa shape index (κ3) is 4.88. The Hall–Kier alpha value is -0.860. The van der Waals surface area contributed by atoms with Crippen molar-refractivity contribution in [1.29, 1.82) is 0 Å². The number of carbonyl (C=O) groups excluding carboxylic acids is 1. The van der Waals surface area contributed by atoms with E-state index in [2.05, 4.69) is 0 Å². The van der Waals surface area contributed by atoms with Gasteiger partial charge in [-0.15, -0.1) is 0 Å². The second-order valence-corrected chi connectivity index (χ2v) is 5.96. The van der Waals surface area contributed by atoms with Crippen molar-refractivity contribution in [3.63, 3.8) is 0 Å². The molecule has 0 fully saturated rings. The molecular formula is C14H20ClNO. The lowest BCUT2D eigenvalue weighted by atomic mass is 9.84. The van der Waals surface area contributed by atoms with Crippen LogP contribution in [0.2, 0.25) is 5.02 Å². The van der Waals surface area contributed by atoms with Crippen molar-refractivity contribution in [1.82, 2.24) is 0 Å². The van der Waals surface area contributed by atoms with Crippen molar-refractivity contribution in [3.8, 4) is 0 Å². The molecule has 0 spiro atoms. The van der Waals surface area contributed by atoms with E-state index >= 15 is 0 Å². The van der Waals surface area contributed by atoms with Crippen LogP contribution in [0, 0.1) is 5.41 Å². The van der Waals surface area contributed by atoms with Crippen LogP contribution in [0.1, 0.15) is 32.8 Å². The molecule has 94 valence electrons. The minimum atomic E-state index is -0.103. The van der Waals surface area contributed by atoms with E-state index in [0.29, 0.717) is 17.9 Å². The fourth-order valence-electron chi connectivity index (χ4n) is 1.50. The van der Waals surface area contributed by atoms with Gasteiger partial charge in [-0.25, -0.2) is 0 Å². The molecule has 0 aliphatic carbocycles. The number of Topliss-reactive ketones (excluding diaryl/α,β-unsaturated/α-hetero) is 1. The molecular weight excluding hydrogens is 234 g/mol. The fraction of sp³-hybridized carbons (Fsp3) is 0.500. The molecule has 2 nitrogen and oxygen atoms in total. The molecule has 0 radical (unpaired) electrons. The summed E-state index contributed by atoms with van der Waals surface area (Å²) >= 11 is 5.87. The molecule has 0 aromatic heterocycles. The summed E-state index contributed by atoms with van der Waals surface area (Å²) < 4.78 is 0. The van der Waals surface area contributed by atoms with Gasteiger partial charge in [0.2, 0.25) is 0 Å². The monoisotopic (exact) mass is 253 g/mol. The number of hydrogen-bond acceptors (Lipinski definition) is 2. The zero-order valence-electron chi connectivity index (χ0n) is 10.7. The Morgan fingerprint density at radius 3 is 2.59 bits per heavy atom. The highest BCUT2D eigenvalue weighted by molar-refractivity contribution is 6.30. The third-order valence-corrected chi connectivity index (χ3v) is 3.09. The highest BCUT2D eigenvalue weighted by atomic mass is 35.5. The zero-order valence-corrected chi connectivity index (χ0v) is 11.4. The van der Waals surface area contributed by atoms with E-state index in [1.807, 2.05) is 39.0 Å². The predicted molar refractivity (Wildman–Crippen MR) is 72.2 cm³/mol. The van der Waals surface area contributed by atoms with Crippen LogP contribution < -0.4 is 5.73 Å². The van der Waals surface area contributed by atoms with Crippen molar-refractivity contribution < 1.29 is 4.79 Å². The number of carbonyl (C=O) groups is 1. The van der Waals surface area contributed by atoms with E-state index in [1.54, 1.807) is 6.07 Å². The van der Waals surface area contributed by atoms with Gasteiger partial charge >= 0.3 is 0 Å². The molecule has 1 aromatic carbocycles. The van der Waals surface area contributed by atoms with Crippen LogP contribution in [0.25, 0.3) is 0 Å². The van der Waals surface area contributed by atoms with Gasteiger partial charge in [0.15, 0.2) is 0 Å². The van der Waals surface area contributed by atoms with Gasteiger partial charge in [0.05, 0.1) is 0 Å². The standard InChI is InChI=1S/C14H20ClNO/c1-14(2,3)13(16)9-12(17)8-10-5-4-6-11(15)7-10/h4-7,13H,8-9,16H2,1-3H3. The zero-order chi connectivity index (χ0) is 13.1. The average Bonchev–Trinajstić information content (AvgIpc) is 2.15. The smallest absolute Gasteiger partial charge is 0.138 e.